The Kier molecular flexibility index (Phi) is 10.6. The third kappa shape index (κ3) is 8.99. The number of benzene rings is 2. The van der Waals surface area contributed by atoms with E-state index in [-0.39, 0.29) is 5.75 Å². The quantitative estimate of drug-likeness (QED) is 0.261. The molecule has 0 saturated carbocycles. The first-order chi connectivity index (χ1) is 14.2. The van der Waals surface area contributed by atoms with Gasteiger partial charge in [-0.1, -0.05) is 52.4 Å². The molecule has 0 aliphatic carbocycles. The summed E-state index contributed by atoms with van der Waals surface area (Å²) in [4.78, 5) is 0. The zero-order valence-corrected chi connectivity index (χ0v) is 17.8. The van der Waals surface area contributed by atoms with Gasteiger partial charge in [0.25, 0.3) is 0 Å². The van der Waals surface area contributed by atoms with E-state index in [1.165, 1.54) is 32.1 Å². The van der Waals surface area contributed by atoms with Crippen LogP contribution in [0.3, 0.4) is 0 Å². The standard InChI is InChI=1S/C24H34N2O3/c1-3-5-7-9-17-28-21-13-11-20(12-14-21)25-26-23-16-15-22(19-24(23)27)29-18-10-8-6-4-2/h11-16,19,27H,3-10,17-18H2,1-2H3. The highest BCUT2D eigenvalue weighted by atomic mass is 16.5. The van der Waals surface area contributed by atoms with Crippen molar-refractivity contribution in [3.8, 4) is 17.2 Å². The van der Waals surface area contributed by atoms with Gasteiger partial charge in [0.15, 0.2) is 0 Å². The molecule has 5 heteroatoms. The summed E-state index contributed by atoms with van der Waals surface area (Å²) >= 11 is 0. The monoisotopic (exact) mass is 398 g/mol. The number of phenolic OH excluding ortho intramolecular Hbond substituents is 1. The van der Waals surface area contributed by atoms with E-state index >= 15 is 0 Å². The Morgan fingerprint density at radius 1 is 0.690 bits per heavy atom. The van der Waals surface area contributed by atoms with Gasteiger partial charge in [0, 0.05) is 6.07 Å². The highest BCUT2D eigenvalue weighted by Crippen LogP contribution is 2.32. The predicted octanol–water partition coefficient (Wildman–Crippen LogP) is 7.73. The van der Waals surface area contributed by atoms with Crippen LogP contribution in [-0.2, 0) is 0 Å². The van der Waals surface area contributed by atoms with E-state index in [4.69, 9.17) is 9.47 Å². The Hall–Kier alpha value is -2.56. The summed E-state index contributed by atoms with van der Waals surface area (Å²) in [6, 6.07) is 12.6. The van der Waals surface area contributed by atoms with Gasteiger partial charge >= 0.3 is 0 Å². The molecule has 0 radical (unpaired) electrons. The molecule has 0 saturated heterocycles. The molecule has 0 aliphatic rings. The third-order valence-electron chi connectivity index (χ3n) is 4.59. The van der Waals surface area contributed by atoms with Gasteiger partial charge in [0.1, 0.15) is 22.9 Å². The fourth-order valence-corrected chi connectivity index (χ4v) is 2.84. The average molecular weight is 399 g/mol. The number of nitrogens with zero attached hydrogens (tertiary/aromatic N) is 2. The Morgan fingerprint density at radius 2 is 1.28 bits per heavy atom. The molecule has 0 aromatic heterocycles. The maximum Gasteiger partial charge on any atom is 0.146 e. The van der Waals surface area contributed by atoms with Crippen LogP contribution in [0.2, 0.25) is 0 Å². The highest BCUT2D eigenvalue weighted by molar-refractivity contribution is 5.54. The molecule has 0 aliphatic heterocycles. The van der Waals surface area contributed by atoms with Crippen molar-refractivity contribution >= 4 is 11.4 Å². The van der Waals surface area contributed by atoms with Crippen LogP contribution in [0.5, 0.6) is 17.2 Å². The molecule has 0 atom stereocenters. The minimum atomic E-state index is 0.0619. The summed E-state index contributed by atoms with van der Waals surface area (Å²) in [6.45, 7) is 5.78. The van der Waals surface area contributed by atoms with Gasteiger partial charge in [-0.15, -0.1) is 5.11 Å². The number of rotatable bonds is 14. The smallest absolute Gasteiger partial charge is 0.146 e. The number of azo groups is 1. The van der Waals surface area contributed by atoms with Crippen LogP contribution in [-0.4, -0.2) is 18.3 Å². The van der Waals surface area contributed by atoms with Crippen LogP contribution in [0.1, 0.15) is 65.2 Å². The topological polar surface area (TPSA) is 63.4 Å². The van der Waals surface area contributed by atoms with Crippen LogP contribution in [0.25, 0.3) is 0 Å². The van der Waals surface area contributed by atoms with Crippen molar-refractivity contribution in [1.82, 2.24) is 0 Å². The Bertz CT molecular complexity index is 729. The highest BCUT2D eigenvalue weighted by Gasteiger charge is 2.03. The van der Waals surface area contributed by atoms with Crippen molar-refractivity contribution in [2.45, 2.75) is 65.2 Å². The van der Waals surface area contributed by atoms with Crippen molar-refractivity contribution in [3.63, 3.8) is 0 Å². The van der Waals surface area contributed by atoms with Crippen LogP contribution < -0.4 is 9.47 Å². The Balaban J connectivity index is 1.81. The van der Waals surface area contributed by atoms with Crippen LogP contribution >= 0.6 is 0 Å². The molecule has 2 rings (SSSR count). The van der Waals surface area contributed by atoms with Gasteiger partial charge in [-0.25, -0.2) is 0 Å². The first-order valence-corrected chi connectivity index (χ1v) is 10.8. The molecule has 5 nitrogen and oxygen atoms in total. The zero-order chi connectivity index (χ0) is 20.7. The van der Waals surface area contributed by atoms with Gasteiger partial charge < -0.3 is 14.6 Å². The number of phenols is 1. The SMILES string of the molecule is CCCCCCOc1ccc(N=Nc2ccc(OCCCCCC)cc2O)cc1. The minimum Gasteiger partial charge on any atom is -0.505 e. The summed E-state index contributed by atoms with van der Waals surface area (Å²) in [6.07, 6.45) is 9.37. The molecule has 0 fully saturated rings. The molecule has 2 aromatic carbocycles. The lowest BCUT2D eigenvalue weighted by molar-refractivity contribution is 0.303. The van der Waals surface area contributed by atoms with Gasteiger partial charge in [-0.2, -0.15) is 5.11 Å². The minimum absolute atomic E-state index is 0.0619. The summed E-state index contributed by atoms with van der Waals surface area (Å²) in [5, 5.41) is 18.5. The normalized spacial score (nSPS) is 11.1. The lowest BCUT2D eigenvalue weighted by Crippen LogP contribution is -1.96. The molecule has 158 valence electrons. The van der Waals surface area contributed by atoms with E-state index in [0.717, 1.165) is 31.6 Å². The first-order valence-electron chi connectivity index (χ1n) is 10.8. The average Bonchev–Trinajstić information content (AvgIpc) is 2.74. The van der Waals surface area contributed by atoms with E-state index in [0.29, 0.717) is 23.7 Å². The predicted molar refractivity (Wildman–Crippen MR) is 118 cm³/mol. The summed E-state index contributed by atoms with van der Waals surface area (Å²) in [5.74, 6) is 1.55. The van der Waals surface area contributed by atoms with Crippen LogP contribution in [0.4, 0.5) is 11.4 Å². The Labute approximate surface area is 174 Å². The van der Waals surface area contributed by atoms with Crippen molar-refractivity contribution in [3.05, 3.63) is 42.5 Å². The second kappa shape index (κ2) is 13.6. The van der Waals surface area contributed by atoms with Crippen LogP contribution in [0, 0.1) is 0 Å². The first kappa shape index (κ1) is 22.7. The molecule has 0 bridgehead atoms. The summed E-state index contributed by atoms with van der Waals surface area (Å²) < 4.78 is 11.4. The molecular weight excluding hydrogens is 364 g/mol. The van der Waals surface area contributed by atoms with E-state index in [1.807, 2.05) is 30.3 Å². The zero-order valence-electron chi connectivity index (χ0n) is 17.8. The third-order valence-corrected chi connectivity index (χ3v) is 4.59. The van der Waals surface area contributed by atoms with E-state index < -0.39 is 0 Å². The van der Waals surface area contributed by atoms with E-state index in [2.05, 4.69) is 24.1 Å². The van der Waals surface area contributed by atoms with Crippen molar-refractivity contribution in [2.75, 3.05) is 13.2 Å². The van der Waals surface area contributed by atoms with Crippen molar-refractivity contribution < 1.29 is 14.6 Å². The van der Waals surface area contributed by atoms with Crippen molar-refractivity contribution in [1.29, 1.82) is 0 Å². The fraction of sp³-hybridized carbons (Fsp3) is 0.500. The Morgan fingerprint density at radius 3 is 1.86 bits per heavy atom. The maximum absolute atomic E-state index is 10.2. The van der Waals surface area contributed by atoms with Gasteiger partial charge in [0.05, 0.1) is 18.9 Å². The molecule has 0 spiro atoms. The number of unbranched alkanes of at least 4 members (excludes halogenated alkanes) is 6. The van der Waals surface area contributed by atoms with Gasteiger partial charge in [-0.3, -0.25) is 0 Å². The van der Waals surface area contributed by atoms with Crippen molar-refractivity contribution in [2.24, 2.45) is 10.2 Å². The molecular formula is C24H34N2O3. The van der Waals surface area contributed by atoms with Gasteiger partial charge in [-0.05, 0) is 49.2 Å². The summed E-state index contributed by atoms with van der Waals surface area (Å²) in [7, 11) is 0. The molecule has 1 N–H and O–H groups in total. The number of ether oxygens (including phenoxy) is 2. The molecule has 0 unspecified atom stereocenters. The molecule has 2 aromatic rings. The fourth-order valence-electron chi connectivity index (χ4n) is 2.84. The molecule has 29 heavy (non-hydrogen) atoms. The molecule has 0 amide bonds. The second-order valence-corrected chi connectivity index (χ2v) is 7.16. The number of aromatic hydroxyl groups is 1. The van der Waals surface area contributed by atoms with E-state index in [1.54, 1.807) is 12.1 Å². The van der Waals surface area contributed by atoms with Gasteiger partial charge in [0.2, 0.25) is 0 Å². The number of hydrogen-bond donors (Lipinski definition) is 1. The lowest BCUT2D eigenvalue weighted by Gasteiger charge is -2.07. The largest absolute Gasteiger partial charge is 0.505 e. The number of hydrogen-bond acceptors (Lipinski definition) is 5. The lowest BCUT2D eigenvalue weighted by atomic mass is 10.2. The second-order valence-electron chi connectivity index (χ2n) is 7.16. The van der Waals surface area contributed by atoms with E-state index in [9.17, 15) is 5.11 Å². The molecule has 0 heterocycles. The summed E-state index contributed by atoms with van der Waals surface area (Å²) in [5.41, 5.74) is 1.12. The van der Waals surface area contributed by atoms with Crippen LogP contribution in [0.15, 0.2) is 52.7 Å². The maximum atomic E-state index is 10.2.